The zero-order chi connectivity index (χ0) is 26.8. The molecule has 0 amide bonds. The first-order valence-corrected chi connectivity index (χ1v) is 12.1. The molecule has 4 aliphatic rings. The largest absolute Gasteiger partial charge is 0.508 e. The van der Waals surface area contributed by atoms with Crippen LogP contribution in [0.2, 0.25) is 0 Å². The molecule has 8 heteroatoms. The molecular formula is C28H34O8. The van der Waals surface area contributed by atoms with E-state index in [1.54, 1.807) is 51.2 Å². The molecule has 2 aliphatic carbocycles. The van der Waals surface area contributed by atoms with Crippen LogP contribution in [-0.2, 0) is 19.1 Å². The second-order valence-electron chi connectivity index (χ2n) is 10.5. The van der Waals surface area contributed by atoms with E-state index in [-0.39, 0.29) is 46.9 Å². The van der Waals surface area contributed by atoms with E-state index < -0.39 is 46.0 Å². The highest BCUT2D eigenvalue weighted by molar-refractivity contribution is 6.05. The Kier molecular flexibility index (Phi) is 6.02. The van der Waals surface area contributed by atoms with Gasteiger partial charge < -0.3 is 29.9 Å². The third-order valence-corrected chi connectivity index (χ3v) is 8.11. The third-order valence-electron chi connectivity index (χ3n) is 8.11. The van der Waals surface area contributed by atoms with Crippen molar-refractivity contribution in [3.05, 3.63) is 70.5 Å². The van der Waals surface area contributed by atoms with Gasteiger partial charge in [0.1, 0.15) is 34.6 Å². The highest BCUT2D eigenvalue weighted by Crippen LogP contribution is 2.69. The lowest BCUT2D eigenvalue weighted by atomic mass is 9.53. The average Bonchev–Trinajstić information content (AvgIpc) is 3.00. The number of Topliss-reactive ketones (excluding diaryl/α,β-unsaturated/α-hetero) is 2. The van der Waals surface area contributed by atoms with Gasteiger partial charge in [0.2, 0.25) is 5.79 Å². The van der Waals surface area contributed by atoms with E-state index >= 15 is 0 Å². The molecular weight excluding hydrogens is 464 g/mol. The third kappa shape index (κ3) is 3.17. The molecule has 4 rings (SSSR count). The molecule has 1 saturated heterocycles. The summed E-state index contributed by atoms with van der Waals surface area (Å²) in [4.78, 5) is 26.8. The number of aliphatic hydroxyl groups excluding tert-OH is 2. The van der Waals surface area contributed by atoms with E-state index in [0.717, 1.165) is 0 Å². The lowest BCUT2D eigenvalue weighted by Gasteiger charge is -2.54. The van der Waals surface area contributed by atoms with Gasteiger partial charge in [0.25, 0.3) is 0 Å². The molecule has 0 unspecified atom stereocenters. The van der Waals surface area contributed by atoms with Crippen molar-refractivity contribution in [1.82, 2.24) is 0 Å². The van der Waals surface area contributed by atoms with Crippen molar-refractivity contribution in [1.29, 1.82) is 0 Å². The minimum atomic E-state index is -2.41. The van der Waals surface area contributed by atoms with Gasteiger partial charge in [-0.15, -0.1) is 0 Å². The second-order valence-corrected chi connectivity index (χ2v) is 10.5. The molecule has 0 spiro atoms. The van der Waals surface area contributed by atoms with Crippen molar-refractivity contribution in [3.8, 4) is 0 Å². The van der Waals surface area contributed by atoms with E-state index in [4.69, 9.17) is 9.47 Å². The summed E-state index contributed by atoms with van der Waals surface area (Å²) in [7, 11) is 0. The monoisotopic (exact) mass is 498 g/mol. The first-order valence-electron chi connectivity index (χ1n) is 12.1. The Morgan fingerprint density at radius 2 is 1.75 bits per heavy atom. The Morgan fingerprint density at radius 3 is 2.36 bits per heavy atom. The van der Waals surface area contributed by atoms with Crippen LogP contribution in [0.5, 0.6) is 0 Å². The highest BCUT2D eigenvalue weighted by Gasteiger charge is 2.80. The maximum absolute atomic E-state index is 13.6. The van der Waals surface area contributed by atoms with E-state index in [0.29, 0.717) is 0 Å². The molecule has 1 fully saturated rings. The number of ketones is 2. The minimum absolute atomic E-state index is 0.0393. The zero-order valence-corrected chi connectivity index (χ0v) is 21.5. The molecule has 4 N–H and O–H groups in total. The van der Waals surface area contributed by atoms with E-state index in [1.165, 1.54) is 26.8 Å². The molecule has 36 heavy (non-hydrogen) atoms. The number of carbonyl (C=O) groups is 2. The summed E-state index contributed by atoms with van der Waals surface area (Å²) >= 11 is 0. The molecule has 8 nitrogen and oxygen atoms in total. The van der Waals surface area contributed by atoms with Crippen molar-refractivity contribution in [2.75, 3.05) is 0 Å². The molecule has 194 valence electrons. The van der Waals surface area contributed by atoms with Crippen LogP contribution in [0.3, 0.4) is 0 Å². The SMILES string of the molecule is C/C=C/C=C/C(O)=C1\C(O)=C(C)C(=O)[C@@]2(C)O[C@@]3(O)[C@@](C)(O)CC4=C(O[C@@H](/C=C/C)CC4=O)[C@@]3(C)[C@@H]12. The molecule has 0 aromatic rings. The summed E-state index contributed by atoms with van der Waals surface area (Å²) in [5.41, 5.74) is -5.44. The lowest BCUT2D eigenvalue weighted by molar-refractivity contribution is -0.332. The highest BCUT2D eigenvalue weighted by atomic mass is 16.7. The van der Waals surface area contributed by atoms with Gasteiger partial charge in [0.15, 0.2) is 11.6 Å². The van der Waals surface area contributed by atoms with Gasteiger partial charge >= 0.3 is 0 Å². The van der Waals surface area contributed by atoms with Crippen LogP contribution >= 0.6 is 0 Å². The van der Waals surface area contributed by atoms with Crippen molar-refractivity contribution in [2.45, 2.75) is 77.5 Å². The molecule has 6 atom stereocenters. The van der Waals surface area contributed by atoms with Crippen molar-refractivity contribution < 1.29 is 39.5 Å². The fourth-order valence-corrected chi connectivity index (χ4v) is 6.45. The number of allylic oxidation sites excluding steroid dienone is 6. The van der Waals surface area contributed by atoms with Crippen molar-refractivity contribution >= 4 is 11.6 Å². The number of fused-ring (bicyclic) bond motifs is 4. The fraction of sp³-hybridized carbons (Fsp3) is 0.500. The number of aliphatic hydroxyl groups is 4. The number of rotatable bonds is 3. The van der Waals surface area contributed by atoms with Gasteiger partial charge in [-0.1, -0.05) is 24.3 Å². The van der Waals surface area contributed by atoms with E-state index in [1.807, 2.05) is 0 Å². The molecule has 2 aliphatic heterocycles. The Balaban J connectivity index is 2.09. The van der Waals surface area contributed by atoms with Crippen molar-refractivity contribution in [3.63, 3.8) is 0 Å². The van der Waals surface area contributed by atoms with Gasteiger partial charge in [-0.05, 0) is 53.7 Å². The number of hydrogen-bond donors (Lipinski definition) is 4. The average molecular weight is 499 g/mol. The van der Waals surface area contributed by atoms with Crippen LogP contribution in [-0.4, -0.2) is 55.1 Å². The van der Waals surface area contributed by atoms with E-state index in [2.05, 4.69) is 0 Å². The smallest absolute Gasteiger partial charge is 0.209 e. The van der Waals surface area contributed by atoms with Crippen LogP contribution in [0, 0.1) is 11.3 Å². The summed E-state index contributed by atoms with van der Waals surface area (Å²) in [6.07, 6.45) is 8.99. The quantitative estimate of drug-likeness (QED) is 0.262. The van der Waals surface area contributed by atoms with Crippen LogP contribution in [0.15, 0.2) is 70.5 Å². The molecule has 0 aromatic carbocycles. The number of ether oxygens (including phenoxy) is 2. The Bertz CT molecular complexity index is 1210. The summed E-state index contributed by atoms with van der Waals surface area (Å²) < 4.78 is 12.4. The van der Waals surface area contributed by atoms with Crippen LogP contribution in [0.1, 0.15) is 54.4 Å². The molecule has 0 saturated carbocycles. The predicted molar refractivity (Wildman–Crippen MR) is 132 cm³/mol. The summed E-state index contributed by atoms with van der Waals surface area (Å²) in [5.74, 6) is -5.18. The number of carbonyl (C=O) groups excluding carboxylic acids is 2. The van der Waals surface area contributed by atoms with Crippen molar-refractivity contribution in [2.24, 2.45) is 11.3 Å². The molecule has 0 aromatic heterocycles. The Hall–Kier alpha value is -2.94. The Labute approximate surface area is 210 Å². The van der Waals surface area contributed by atoms with Gasteiger partial charge in [-0.3, -0.25) is 9.59 Å². The van der Waals surface area contributed by atoms with Crippen LogP contribution in [0.4, 0.5) is 0 Å². The summed E-state index contributed by atoms with van der Waals surface area (Å²) in [6.45, 7) is 9.35. The maximum atomic E-state index is 13.6. The Morgan fingerprint density at radius 1 is 1.08 bits per heavy atom. The van der Waals surface area contributed by atoms with Gasteiger partial charge in [-0.2, -0.15) is 0 Å². The molecule has 2 heterocycles. The number of hydrogen-bond acceptors (Lipinski definition) is 8. The minimum Gasteiger partial charge on any atom is -0.508 e. The van der Waals surface area contributed by atoms with Crippen LogP contribution < -0.4 is 0 Å². The topological polar surface area (TPSA) is 134 Å². The standard InChI is InChI=1S/C28H34O8/c1-7-9-10-12-18(29)20-21(31)15(3)23(32)27(6)22(20)26(5)24-17(14-25(4,33)28(26,34)36-27)19(30)13-16(35-24)11-8-2/h7-12,16,22,29,31,33-34H,13-14H2,1-6H3/b9-7+,11-8+,12-10+,20-18-/t16-,22+,25-,26+,27-,28-/m0/s1. The van der Waals surface area contributed by atoms with Gasteiger partial charge in [-0.25, -0.2) is 0 Å². The fourth-order valence-electron chi connectivity index (χ4n) is 6.45. The first-order chi connectivity index (χ1) is 16.7. The molecule has 0 bridgehead atoms. The van der Waals surface area contributed by atoms with Gasteiger partial charge in [0.05, 0.1) is 11.8 Å². The first kappa shape index (κ1) is 26.1. The van der Waals surface area contributed by atoms with E-state index in [9.17, 15) is 30.0 Å². The second kappa shape index (κ2) is 8.30. The maximum Gasteiger partial charge on any atom is 0.209 e. The zero-order valence-electron chi connectivity index (χ0n) is 21.5. The predicted octanol–water partition coefficient (Wildman–Crippen LogP) is 3.79. The lowest BCUT2D eigenvalue weighted by Crippen LogP contribution is -2.66. The molecule has 0 radical (unpaired) electrons. The normalized spacial score (nSPS) is 42.3. The van der Waals surface area contributed by atoms with Gasteiger partial charge in [0, 0.05) is 29.1 Å². The van der Waals surface area contributed by atoms with Crippen LogP contribution in [0.25, 0.3) is 0 Å². The summed E-state index contributed by atoms with van der Waals surface area (Å²) in [6, 6.07) is 0. The summed E-state index contributed by atoms with van der Waals surface area (Å²) in [5, 5.41) is 46.0.